The summed E-state index contributed by atoms with van der Waals surface area (Å²) in [7, 11) is 0. The molecule has 2 unspecified atom stereocenters. The third-order valence-electron chi connectivity index (χ3n) is 4.10. The first-order chi connectivity index (χ1) is 10.1. The molecule has 0 saturated heterocycles. The summed E-state index contributed by atoms with van der Waals surface area (Å²) in [6, 6.07) is 0.349. The second-order valence-corrected chi connectivity index (χ2v) is 6.52. The Hall–Kier alpha value is -1.17. The Balaban J connectivity index is 2.31. The predicted molar refractivity (Wildman–Crippen MR) is 86.8 cm³/mol. The number of imidazole rings is 1. The highest BCUT2D eigenvalue weighted by molar-refractivity contribution is 7.99. The first kappa shape index (κ1) is 16.2. The van der Waals surface area contributed by atoms with Gasteiger partial charge in [0.25, 0.3) is 0 Å². The van der Waals surface area contributed by atoms with Crippen LogP contribution in [0, 0.1) is 0 Å². The van der Waals surface area contributed by atoms with Crippen LogP contribution < -0.4 is 5.73 Å². The van der Waals surface area contributed by atoms with E-state index in [1.54, 1.807) is 6.92 Å². The molecule has 2 N–H and O–H groups in total. The van der Waals surface area contributed by atoms with Crippen molar-refractivity contribution in [1.29, 1.82) is 0 Å². The molecule has 0 amide bonds. The van der Waals surface area contributed by atoms with Gasteiger partial charge in [-0.15, -0.1) is 0 Å². The van der Waals surface area contributed by atoms with E-state index in [9.17, 15) is 4.79 Å². The van der Waals surface area contributed by atoms with Gasteiger partial charge in [-0.3, -0.25) is 0 Å². The summed E-state index contributed by atoms with van der Waals surface area (Å²) >= 11 is 1.92. The van der Waals surface area contributed by atoms with Crippen LogP contribution in [0.5, 0.6) is 0 Å². The molecular weight excluding hydrogens is 286 g/mol. The fraction of sp³-hybridized carbons (Fsp3) is 0.733. The van der Waals surface area contributed by atoms with Gasteiger partial charge in [0, 0.05) is 17.7 Å². The number of thioether (sulfide) groups is 1. The van der Waals surface area contributed by atoms with Crippen molar-refractivity contribution in [1.82, 2.24) is 9.55 Å². The Morgan fingerprint density at radius 2 is 2.24 bits per heavy atom. The maximum Gasteiger partial charge on any atom is 0.360 e. The lowest BCUT2D eigenvalue weighted by Crippen LogP contribution is -2.23. The average Bonchev–Trinajstić information content (AvgIpc) is 2.84. The van der Waals surface area contributed by atoms with Gasteiger partial charge >= 0.3 is 5.97 Å². The van der Waals surface area contributed by atoms with Crippen LogP contribution in [0.1, 0.15) is 61.9 Å². The van der Waals surface area contributed by atoms with Gasteiger partial charge in [0.1, 0.15) is 11.6 Å². The molecule has 1 aliphatic rings. The molecule has 0 spiro atoms. The number of nitrogen functional groups attached to an aromatic ring is 1. The van der Waals surface area contributed by atoms with Crippen molar-refractivity contribution in [3.05, 3.63) is 11.5 Å². The van der Waals surface area contributed by atoms with Crippen LogP contribution in [-0.2, 0) is 11.2 Å². The van der Waals surface area contributed by atoms with Crippen molar-refractivity contribution < 1.29 is 9.53 Å². The molecule has 2 atom stereocenters. The molecule has 0 radical (unpaired) electrons. The zero-order valence-electron chi connectivity index (χ0n) is 13.1. The predicted octanol–water partition coefficient (Wildman–Crippen LogP) is 3.05. The van der Waals surface area contributed by atoms with Crippen molar-refractivity contribution in [2.24, 2.45) is 0 Å². The molecule has 1 heterocycles. The number of hydrogen-bond acceptors (Lipinski definition) is 5. The van der Waals surface area contributed by atoms with Gasteiger partial charge < -0.3 is 15.0 Å². The minimum atomic E-state index is -0.416. The van der Waals surface area contributed by atoms with Crippen molar-refractivity contribution in [2.45, 2.75) is 57.2 Å². The largest absolute Gasteiger partial charge is 0.461 e. The van der Waals surface area contributed by atoms with Crippen molar-refractivity contribution in [2.75, 3.05) is 18.6 Å². The molecule has 1 saturated carbocycles. The van der Waals surface area contributed by atoms with Crippen LogP contribution >= 0.6 is 11.8 Å². The number of anilines is 1. The zero-order chi connectivity index (χ0) is 15.4. The van der Waals surface area contributed by atoms with E-state index in [-0.39, 0.29) is 5.69 Å². The number of ether oxygens (including phenoxy) is 1. The molecule has 1 aliphatic carbocycles. The quantitative estimate of drug-likeness (QED) is 0.846. The highest BCUT2D eigenvalue weighted by Crippen LogP contribution is 2.37. The third kappa shape index (κ3) is 3.36. The zero-order valence-corrected chi connectivity index (χ0v) is 13.9. The maximum atomic E-state index is 12.0. The minimum Gasteiger partial charge on any atom is -0.461 e. The standard InChI is InChI=1S/C15H25N3O2S/c1-4-12-17-13(15(19)20-5-2)14(16)18(12)10-7-6-8-11(9-10)21-3/h10-11H,4-9,16H2,1-3H3. The first-order valence-electron chi connectivity index (χ1n) is 7.68. The van der Waals surface area contributed by atoms with Gasteiger partial charge in [0.2, 0.25) is 0 Å². The Bertz CT molecular complexity index is 501. The van der Waals surface area contributed by atoms with Gasteiger partial charge in [0.05, 0.1) is 6.61 Å². The number of carbonyl (C=O) groups is 1. The number of nitrogens with zero attached hydrogens (tertiary/aromatic N) is 2. The smallest absolute Gasteiger partial charge is 0.360 e. The lowest BCUT2D eigenvalue weighted by Gasteiger charge is -2.30. The number of aromatic nitrogens is 2. The summed E-state index contributed by atoms with van der Waals surface area (Å²) in [4.78, 5) is 16.4. The Kier molecular flexibility index (Phi) is 5.56. The van der Waals surface area contributed by atoms with Gasteiger partial charge in [-0.2, -0.15) is 11.8 Å². The lowest BCUT2D eigenvalue weighted by atomic mass is 9.94. The van der Waals surface area contributed by atoms with Gasteiger partial charge in [-0.1, -0.05) is 13.3 Å². The van der Waals surface area contributed by atoms with E-state index >= 15 is 0 Å². The van der Waals surface area contributed by atoms with Crippen molar-refractivity contribution in [3.63, 3.8) is 0 Å². The fourth-order valence-corrected chi connectivity index (χ4v) is 3.89. The van der Waals surface area contributed by atoms with E-state index in [0.29, 0.717) is 23.7 Å². The number of rotatable bonds is 5. The monoisotopic (exact) mass is 311 g/mol. The molecule has 5 nitrogen and oxygen atoms in total. The van der Waals surface area contributed by atoms with E-state index < -0.39 is 5.97 Å². The first-order valence-corrected chi connectivity index (χ1v) is 8.97. The molecule has 0 bridgehead atoms. The molecule has 118 valence electrons. The van der Waals surface area contributed by atoms with Crippen LogP contribution in [0.25, 0.3) is 0 Å². The van der Waals surface area contributed by atoms with Crippen LogP contribution in [0.4, 0.5) is 5.82 Å². The fourth-order valence-electron chi connectivity index (χ4n) is 3.07. The summed E-state index contributed by atoms with van der Waals surface area (Å²) in [5, 5.41) is 0.668. The maximum absolute atomic E-state index is 12.0. The summed E-state index contributed by atoms with van der Waals surface area (Å²) in [5.74, 6) is 0.944. The average molecular weight is 311 g/mol. The second kappa shape index (κ2) is 7.20. The highest BCUT2D eigenvalue weighted by atomic mass is 32.2. The Labute approximate surface area is 130 Å². The number of carbonyl (C=O) groups excluding carboxylic acids is 1. The Morgan fingerprint density at radius 1 is 1.48 bits per heavy atom. The van der Waals surface area contributed by atoms with Crippen LogP contribution in [0.3, 0.4) is 0 Å². The number of aryl methyl sites for hydroxylation is 1. The summed E-state index contributed by atoms with van der Waals surface area (Å²) in [5.41, 5.74) is 6.50. The van der Waals surface area contributed by atoms with E-state index in [4.69, 9.17) is 10.5 Å². The molecule has 2 rings (SSSR count). The molecule has 21 heavy (non-hydrogen) atoms. The highest BCUT2D eigenvalue weighted by Gasteiger charge is 2.29. The number of esters is 1. The summed E-state index contributed by atoms with van der Waals surface area (Å²) in [6.07, 6.45) is 7.59. The lowest BCUT2D eigenvalue weighted by molar-refractivity contribution is 0.0521. The van der Waals surface area contributed by atoms with Crippen LogP contribution in [-0.4, -0.2) is 33.6 Å². The summed E-state index contributed by atoms with van der Waals surface area (Å²) < 4.78 is 7.13. The second-order valence-electron chi connectivity index (χ2n) is 5.38. The van der Waals surface area contributed by atoms with Crippen molar-refractivity contribution >= 4 is 23.5 Å². The van der Waals surface area contributed by atoms with Crippen LogP contribution in [0.15, 0.2) is 0 Å². The molecular formula is C15H25N3O2S. The minimum absolute atomic E-state index is 0.278. The molecule has 0 aromatic carbocycles. The van der Waals surface area contributed by atoms with Gasteiger partial charge in [-0.05, 0) is 32.4 Å². The van der Waals surface area contributed by atoms with Crippen molar-refractivity contribution in [3.8, 4) is 0 Å². The number of nitrogens with two attached hydrogens (primary N) is 1. The molecule has 1 aromatic rings. The SMILES string of the molecule is CCOC(=O)c1nc(CC)n(C2CCCC(SC)C2)c1N. The molecule has 0 aliphatic heterocycles. The number of hydrogen-bond donors (Lipinski definition) is 1. The normalized spacial score (nSPS) is 22.2. The topological polar surface area (TPSA) is 70.1 Å². The molecule has 1 aromatic heterocycles. The van der Waals surface area contributed by atoms with E-state index in [0.717, 1.165) is 25.1 Å². The van der Waals surface area contributed by atoms with Crippen LogP contribution in [0.2, 0.25) is 0 Å². The van der Waals surface area contributed by atoms with E-state index in [1.807, 2.05) is 18.7 Å². The molecule has 1 fully saturated rings. The third-order valence-corrected chi connectivity index (χ3v) is 5.20. The molecule has 6 heteroatoms. The van der Waals surface area contributed by atoms with E-state index in [1.165, 1.54) is 12.8 Å². The van der Waals surface area contributed by atoms with Gasteiger partial charge in [-0.25, -0.2) is 9.78 Å². The Morgan fingerprint density at radius 3 is 2.86 bits per heavy atom. The summed E-state index contributed by atoms with van der Waals surface area (Å²) in [6.45, 7) is 4.17. The van der Waals surface area contributed by atoms with Gasteiger partial charge in [0.15, 0.2) is 5.69 Å². The van der Waals surface area contributed by atoms with E-state index in [2.05, 4.69) is 15.8 Å².